The molecule has 3 rings (SSSR count). The molecule has 0 spiro atoms. The minimum atomic E-state index is 0.446. The second kappa shape index (κ2) is 11.4. The van der Waals surface area contributed by atoms with E-state index in [4.69, 9.17) is 21.1 Å². The molecular weight excluding hydrogens is 532 g/mol. The predicted molar refractivity (Wildman–Crippen MR) is 130 cm³/mol. The Labute approximate surface area is 198 Å². The fourth-order valence-corrected chi connectivity index (χ4v) is 3.63. The van der Waals surface area contributed by atoms with Crippen LogP contribution in [0.2, 0.25) is 5.02 Å². The van der Waals surface area contributed by atoms with E-state index < -0.39 is 0 Å². The minimum Gasteiger partial charge on any atom is -0.490 e. The van der Waals surface area contributed by atoms with Gasteiger partial charge in [0.2, 0.25) is 0 Å². The lowest BCUT2D eigenvalue weighted by atomic mass is 10.2. The van der Waals surface area contributed by atoms with Crippen molar-refractivity contribution in [3.05, 3.63) is 91.3 Å². The monoisotopic (exact) mass is 550 g/mol. The van der Waals surface area contributed by atoms with Gasteiger partial charge in [0, 0.05) is 9.50 Å². The van der Waals surface area contributed by atoms with Gasteiger partial charge in [-0.05, 0) is 75.9 Å². The van der Waals surface area contributed by atoms with E-state index in [1.54, 1.807) is 6.21 Å². The second-order valence-electron chi connectivity index (χ2n) is 6.40. The van der Waals surface area contributed by atoms with Crippen molar-refractivity contribution in [2.75, 3.05) is 6.61 Å². The molecule has 0 aromatic heterocycles. The van der Waals surface area contributed by atoms with Crippen molar-refractivity contribution in [2.24, 2.45) is 5.10 Å². The highest BCUT2D eigenvalue weighted by Gasteiger charge is 2.12. The molecule has 0 aliphatic heterocycles. The quantitative estimate of drug-likeness (QED) is 0.230. The van der Waals surface area contributed by atoms with Gasteiger partial charge in [0.1, 0.15) is 6.61 Å². The van der Waals surface area contributed by atoms with Gasteiger partial charge in [-0.3, -0.25) is 0 Å². The summed E-state index contributed by atoms with van der Waals surface area (Å²) < 4.78 is 13.7. The molecule has 7 heteroatoms. The van der Waals surface area contributed by atoms with Gasteiger partial charge in [-0.15, -0.1) is 0 Å². The molecule has 0 radical (unpaired) electrons. The lowest BCUT2D eigenvalue weighted by Gasteiger charge is -2.15. The van der Waals surface area contributed by atoms with Crippen LogP contribution in [-0.4, -0.2) is 12.8 Å². The minimum absolute atomic E-state index is 0.446. The lowest BCUT2D eigenvalue weighted by Crippen LogP contribution is -2.06. The molecule has 0 aliphatic carbocycles. The molecule has 0 fully saturated rings. The normalized spacial score (nSPS) is 10.9. The van der Waals surface area contributed by atoms with Crippen LogP contribution in [0.1, 0.15) is 23.6 Å². The molecule has 30 heavy (non-hydrogen) atoms. The van der Waals surface area contributed by atoms with Crippen LogP contribution in [0.3, 0.4) is 0 Å². The maximum atomic E-state index is 6.04. The highest BCUT2D eigenvalue weighted by molar-refractivity contribution is 9.10. The van der Waals surface area contributed by atoms with Crippen molar-refractivity contribution < 1.29 is 9.47 Å². The highest BCUT2D eigenvalue weighted by atomic mass is 79.9. The van der Waals surface area contributed by atoms with E-state index in [1.807, 2.05) is 67.6 Å². The zero-order valence-electron chi connectivity index (χ0n) is 16.4. The van der Waals surface area contributed by atoms with Gasteiger partial charge in [0.05, 0.1) is 23.8 Å². The second-order valence-corrected chi connectivity index (χ2v) is 8.60. The Morgan fingerprint density at radius 2 is 1.67 bits per heavy atom. The summed E-state index contributed by atoms with van der Waals surface area (Å²) >= 11 is 12.9. The maximum Gasteiger partial charge on any atom is 0.175 e. The third-order valence-corrected chi connectivity index (χ3v) is 5.50. The first kappa shape index (κ1) is 22.7. The van der Waals surface area contributed by atoms with Crippen LogP contribution < -0.4 is 14.9 Å². The van der Waals surface area contributed by atoms with E-state index in [0.29, 0.717) is 31.3 Å². The summed E-state index contributed by atoms with van der Waals surface area (Å²) in [5.41, 5.74) is 6.11. The molecule has 0 saturated carbocycles. The Morgan fingerprint density at radius 1 is 0.967 bits per heavy atom. The number of halogens is 3. The van der Waals surface area contributed by atoms with E-state index in [1.165, 1.54) is 0 Å². The van der Waals surface area contributed by atoms with Crippen LogP contribution in [0.15, 0.2) is 74.7 Å². The van der Waals surface area contributed by atoms with Crippen molar-refractivity contribution in [3.8, 4) is 11.5 Å². The molecule has 0 heterocycles. The summed E-state index contributed by atoms with van der Waals surface area (Å²) in [5, 5.41) is 5.02. The van der Waals surface area contributed by atoms with E-state index in [-0.39, 0.29) is 0 Å². The Morgan fingerprint density at radius 3 is 2.37 bits per heavy atom. The average Bonchev–Trinajstić information content (AvgIpc) is 2.73. The van der Waals surface area contributed by atoms with Crippen LogP contribution in [0.4, 0.5) is 0 Å². The van der Waals surface area contributed by atoms with Crippen molar-refractivity contribution >= 4 is 49.7 Å². The standard InChI is InChI=1S/C23H21Br2ClN2O2/c1-2-29-22-12-18(14-28-27-13-16-5-9-20(26)10-6-16)11-21(25)23(22)30-15-17-3-7-19(24)8-4-17/h3-12,14,27H,2,13,15H2,1H3/b28-14-. The summed E-state index contributed by atoms with van der Waals surface area (Å²) in [7, 11) is 0. The average molecular weight is 553 g/mol. The van der Waals surface area contributed by atoms with Crippen LogP contribution in [0, 0.1) is 0 Å². The van der Waals surface area contributed by atoms with E-state index in [2.05, 4.69) is 42.4 Å². The maximum absolute atomic E-state index is 6.04. The fraction of sp³-hybridized carbons (Fsp3) is 0.174. The van der Waals surface area contributed by atoms with Gasteiger partial charge >= 0.3 is 0 Å². The van der Waals surface area contributed by atoms with E-state index in [9.17, 15) is 0 Å². The smallest absolute Gasteiger partial charge is 0.175 e. The van der Waals surface area contributed by atoms with Crippen LogP contribution in [-0.2, 0) is 13.2 Å². The molecule has 0 amide bonds. The van der Waals surface area contributed by atoms with Gasteiger partial charge < -0.3 is 14.9 Å². The zero-order chi connectivity index (χ0) is 21.3. The molecule has 3 aromatic carbocycles. The lowest BCUT2D eigenvalue weighted by molar-refractivity contribution is 0.267. The molecular formula is C23H21Br2ClN2O2. The third kappa shape index (κ3) is 6.76. The third-order valence-electron chi connectivity index (χ3n) is 4.13. The van der Waals surface area contributed by atoms with Crippen LogP contribution in [0.5, 0.6) is 11.5 Å². The summed E-state index contributed by atoms with van der Waals surface area (Å²) in [6.45, 7) is 3.54. The van der Waals surface area contributed by atoms with Gasteiger partial charge in [0.25, 0.3) is 0 Å². The van der Waals surface area contributed by atoms with Crippen LogP contribution in [0.25, 0.3) is 0 Å². The molecule has 1 N–H and O–H groups in total. The summed E-state index contributed by atoms with van der Waals surface area (Å²) in [4.78, 5) is 0. The number of hydrogen-bond donors (Lipinski definition) is 1. The SMILES string of the molecule is CCOc1cc(/C=N\NCc2ccc(Cl)cc2)cc(Br)c1OCc1ccc(Br)cc1. The summed E-state index contributed by atoms with van der Waals surface area (Å²) in [5.74, 6) is 1.34. The number of ether oxygens (including phenoxy) is 2. The molecule has 0 atom stereocenters. The number of rotatable bonds is 9. The molecule has 4 nitrogen and oxygen atoms in total. The Hall–Kier alpha value is -2.02. The van der Waals surface area contributed by atoms with Crippen molar-refractivity contribution in [3.63, 3.8) is 0 Å². The van der Waals surface area contributed by atoms with E-state index >= 15 is 0 Å². The first-order valence-corrected chi connectivity index (χ1v) is 11.4. The van der Waals surface area contributed by atoms with Crippen LogP contribution >= 0.6 is 43.5 Å². The molecule has 156 valence electrons. The molecule has 0 saturated heterocycles. The predicted octanol–water partition coefficient (Wildman–Crippen LogP) is 6.97. The van der Waals surface area contributed by atoms with Gasteiger partial charge in [-0.25, -0.2) is 0 Å². The van der Waals surface area contributed by atoms with Crippen molar-refractivity contribution in [2.45, 2.75) is 20.1 Å². The van der Waals surface area contributed by atoms with Gasteiger partial charge in [0.15, 0.2) is 11.5 Å². The molecule has 0 bridgehead atoms. The Kier molecular flexibility index (Phi) is 8.61. The number of nitrogens with zero attached hydrogens (tertiary/aromatic N) is 1. The first-order chi connectivity index (χ1) is 14.5. The number of nitrogens with one attached hydrogen (secondary N) is 1. The van der Waals surface area contributed by atoms with Crippen molar-refractivity contribution in [1.82, 2.24) is 5.43 Å². The van der Waals surface area contributed by atoms with Crippen molar-refractivity contribution in [1.29, 1.82) is 0 Å². The Balaban J connectivity index is 1.66. The number of hydrazone groups is 1. The topological polar surface area (TPSA) is 42.8 Å². The zero-order valence-corrected chi connectivity index (χ0v) is 20.3. The number of hydrogen-bond acceptors (Lipinski definition) is 4. The highest BCUT2D eigenvalue weighted by Crippen LogP contribution is 2.37. The molecule has 0 aliphatic rings. The van der Waals surface area contributed by atoms with Gasteiger partial charge in [-0.1, -0.05) is 51.8 Å². The summed E-state index contributed by atoms with van der Waals surface area (Å²) in [6, 6.07) is 19.5. The largest absolute Gasteiger partial charge is 0.490 e. The van der Waals surface area contributed by atoms with E-state index in [0.717, 1.165) is 30.7 Å². The Bertz CT molecular complexity index is 993. The van der Waals surface area contributed by atoms with Gasteiger partial charge in [-0.2, -0.15) is 5.10 Å². The summed E-state index contributed by atoms with van der Waals surface area (Å²) in [6.07, 6.45) is 1.75. The molecule has 3 aromatic rings. The molecule has 0 unspecified atom stereocenters. The number of benzene rings is 3. The fourth-order valence-electron chi connectivity index (χ4n) is 2.66. The first-order valence-electron chi connectivity index (χ1n) is 9.39.